The number of nitrogens with zero attached hydrogens (tertiary/aromatic N) is 3. The molecule has 7 nitrogen and oxygen atoms in total. The molecule has 2 amide bonds. The van der Waals surface area contributed by atoms with Gasteiger partial charge in [0.15, 0.2) is 5.16 Å². The minimum Gasteiger partial charge on any atom is -0.369 e. The van der Waals surface area contributed by atoms with Crippen LogP contribution in [0.3, 0.4) is 0 Å². The number of piperidine rings is 1. The van der Waals surface area contributed by atoms with Crippen LogP contribution in [0.2, 0.25) is 0 Å². The second kappa shape index (κ2) is 7.64. The molecule has 8 heteroatoms. The van der Waals surface area contributed by atoms with Gasteiger partial charge in [0.25, 0.3) is 0 Å². The Morgan fingerprint density at radius 1 is 1.55 bits per heavy atom. The van der Waals surface area contributed by atoms with Crippen molar-refractivity contribution in [3.63, 3.8) is 0 Å². The van der Waals surface area contributed by atoms with E-state index in [2.05, 4.69) is 10.3 Å². The molecule has 1 aliphatic heterocycles. The van der Waals surface area contributed by atoms with Gasteiger partial charge in [-0.2, -0.15) is 0 Å². The standard InChI is InChI=1S/C14H23N5O2S/c1-18-11(7-17-14(18)22-2)6-16-13(21)10-4-3-5-19(8-10)9-12(15)20/h7,10H,3-6,8-9H2,1-2H3,(H2,15,20)(H,16,21)/t10-/m1/s1. The van der Waals surface area contributed by atoms with Gasteiger partial charge in [0.1, 0.15) is 0 Å². The molecule has 1 fully saturated rings. The molecule has 1 aliphatic rings. The highest BCUT2D eigenvalue weighted by Gasteiger charge is 2.26. The Morgan fingerprint density at radius 3 is 2.95 bits per heavy atom. The Bertz CT molecular complexity index is 545. The fourth-order valence-corrected chi connectivity index (χ4v) is 3.28. The lowest BCUT2D eigenvalue weighted by molar-refractivity contribution is -0.128. The van der Waals surface area contributed by atoms with Crippen LogP contribution in [0.5, 0.6) is 0 Å². The molecule has 1 saturated heterocycles. The summed E-state index contributed by atoms with van der Waals surface area (Å²) in [7, 11) is 1.94. The van der Waals surface area contributed by atoms with Crippen LogP contribution in [0.1, 0.15) is 18.5 Å². The molecule has 0 spiro atoms. The Labute approximate surface area is 134 Å². The molecule has 0 aliphatic carbocycles. The molecule has 122 valence electrons. The summed E-state index contributed by atoms with van der Waals surface area (Å²) < 4.78 is 1.98. The van der Waals surface area contributed by atoms with E-state index in [1.54, 1.807) is 18.0 Å². The van der Waals surface area contributed by atoms with E-state index in [-0.39, 0.29) is 24.3 Å². The van der Waals surface area contributed by atoms with Crippen molar-refractivity contribution in [3.8, 4) is 0 Å². The quantitative estimate of drug-likeness (QED) is 0.716. The van der Waals surface area contributed by atoms with Crippen LogP contribution in [0.4, 0.5) is 0 Å². The van der Waals surface area contributed by atoms with E-state index in [0.29, 0.717) is 13.1 Å². The lowest BCUT2D eigenvalue weighted by atomic mass is 9.97. The van der Waals surface area contributed by atoms with Crippen molar-refractivity contribution in [1.82, 2.24) is 19.8 Å². The third-order valence-corrected chi connectivity index (χ3v) is 4.67. The summed E-state index contributed by atoms with van der Waals surface area (Å²) >= 11 is 1.57. The van der Waals surface area contributed by atoms with Gasteiger partial charge >= 0.3 is 0 Å². The SMILES string of the molecule is CSc1ncc(CNC(=O)[C@@H]2CCCN(CC(N)=O)C2)n1C. The summed E-state index contributed by atoms with van der Waals surface area (Å²) in [5.41, 5.74) is 6.19. The molecule has 0 aromatic carbocycles. The first-order valence-electron chi connectivity index (χ1n) is 7.34. The van der Waals surface area contributed by atoms with E-state index in [0.717, 1.165) is 30.2 Å². The average molecular weight is 325 g/mol. The van der Waals surface area contributed by atoms with Crippen LogP contribution in [-0.2, 0) is 23.2 Å². The van der Waals surface area contributed by atoms with Gasteiger partial charge in [0.05, 0.1) is 30.9 Å². The molecule has 0 radical (unpaired) electrons. The fourth-order valence-electron chi connectivity index (χ4n) is 2.74. The van der Waals surface area contributed by atoms with Gasteiger partial charge in [0, 0.05) is 13.6 Å². The first kappa shape index (κ1) is 16.8. The Hall–Kier alpha value is -1.54. The van der Waals surface area contributed by atoms with Crippen LogP contribution < -0.4 is 11.1 Å². The Morgan fingerprint density at radius 2 is 2.32 bits per heavy atom. The number of carbonyl (C=O) groups excluding carboxylic acids is 2. The minimum atomic E-state index is -0.347. The molecule has 1 aromatic rings. The van der Waals surface area contributed by atoms with Crippen molar-refractivity contribution >= 4 is 23.6 Å². The van der Waals surface area contributed by atoms with Crippen molar-refractivity contribution in [2.75, 3.05) is 25.9 Å². The van der Waals surface area contributed by atoms with Crippen LogP contribution >= 0.6 is 11.8 Å². The highest BCUT2D eigenvalue weighted by molar-refractivity contribution is 7.98. The summed E-state index contributed by atoms with van der Waals surface area (Å²) in [6.45, 7) is 2.11. The van der Waals surface area contributed by atoms with E-state index in [4.69, 9.17) is 5.73 Å². The summed E-state index contributed by atoms with van der Waals surface area (Å²) in [6.07, 6.45) is 5.52. The number of rotatable bonds is 6. The van der Waals surface area contributed by atoms with Gasteiger partial charge in [-0.3, -0.25) is 14.5 Å². The normalized spacial score (nSPS) is 19.1. The smallest absolute Gasteiger partial charge is 0.231 e. The number of primary amides is 1. The first-order chi connectivity index (χ1) is 10.5. The van der Waals surface area contributed by atoms with Crippen molar-refractivity contribution in [3.05, 3.63) is 11.9 Å². The van der Waals surface area contributed by atoms with Gasteiger partial charge in [-0.25, -0.2) is 4.98 Å². The van der Waals surface area contributed by atoms with Gasteiger partial charge in [-0.05, 0) is 25.6 Å². The van der Waals surface area contributed by atoms with Crippen LogP contribution in [-0.4, -0.2) is 52.2 Å². The number of hydrogen-bond donors (Lipinski definition) is 2. The van der Waals surface area contributed by atoms with Gasteiger partial charge in [-0.15, -0.1) is 0 Å². The van der Waals surface area contributed by atoms with Crippen LogP contribution in [0, 0.1) is 5.92 Å². The maximum atomic E-state index is 12.3. The van der Waals surface area contributed by atoms with E-state index in [9.17, 15) is 9.59 Å². The number of thioether (sulfide) groups is 1. The molecule has 2 heterocycles. The van der Waals surface area contributed by atoms with Crippen LogP contribution in [0.25, 0.3) is 0 Å². The number of carbonyl (C=O) groups is 2. The van der Waals surface area contributed by atoms with Gasteiger partial charge in [0.2, 0.25) is 11.8 Å². The molecule has 22 heavy (non-hydrogen) atoms. The number of aromatic nitrogens is 2. The monoisotopic (exact) mass is 325 g/mol. The van der Waals surface area contributed by atoms with Crippen molar-refractivity contribution < 1.29 is 9.59 Å². The predicted molar refractivity (Wildman–Crippen MR) is 85.2 cm³/mol. The summed E-state index contributed by atoms with van der Waals surface area (Å²) in [6, 6.07) is 0. The number of nitrogens with two attached hydrogens (primary N) is 1. The van der Waals surface area contributed by atoms with Crippen LogP contribution in [0.15, 0.2) is 11.4 Å². The number of hydrogen-bond acceptors (Lipinski definition) is 5. The largest absolute Gasteiger partial charge is 0.369 e. The summed E-state index contributed by atoms with van der Waals surface area (Å²) in [4.78, 5) is 29.5. The topological polar surface area (TPSA) is 93.2 Å². The zero-order chi connectivity index (χ0) is 16.1. The number of amides is 2. The number of nitrogens with one attached hydrogen (secondary N) is 1. The highest BCUT2D eigenvalue weighted by atomic mass is 32.2. The molecular weight excluding hydrogens is 302 g/mol. The molecule has 1 atom stereocenters. The average Bonchev–Trinajstić information content (AvgIpc) is 2.84. The van der Waals surface area contributed by atoms with Crippen molar-refractivity contribution in [1.29, 1.82) is 0 Å². The minimum absolute atomic E-state index is 0.0288. The molecule has 1 aromatic heterocycles. The van der Waals surface area contributed by atoms with Gasteiger partial charge < -0.3 is 15.6 Å². The Kier molecular flexibility index (Phi) is 5.84. The summed E-state index contributed by atoms with van der Waals surface area (Å²) in [5, 5.41) is 3.89. The molecule has 0 unspecified atom stereocenters. The van der Waals surface area contributed by atoms with E-state index in [1.165, 1.54) is 0 Å². The number of likely N-dealkylation sites (tertiary alicyclic amines) is 1. The fraction of sp³-hybridized carbons (Fsp3) is 0.643. The van der Waals surface area contributed by atoms with E-state index >= 15 is 0 Å². The van der Waals surface area contributed by atoms with E-state index in [1.807, 2.05) is 22.8 Å². The Balaban J connectivity index is 1.86. The zero-order valence-electron chi connectivity index (χ0n) is 13.0. The second-order valence-corrected chi connectivity index (χ2v) is 6.33. The van der Waals surface area contributed by atoms with E-state index < -0.39 is 0 Å². The maximum Gasteiger partial charge on any atom is 0.231 e. The third-order valence-electron chi connectivity index (χ3n) is 3.92. The highest BCUT2D eigenvalue weighted by Crippen LogP contribution is 2.17. The maximum absolute atomic E-state index is 12.3. The predicted octanol–water partition coefficient (Wildman–Crippen LogP) is -0.0445. The third kappa shape index (κ3) is 4.23. The van der Waals surface area contributed by atoms with Gasteiger partial charge in [-0.1, -0.05) is 11.8 Å². The number of imidazole rings is 1. The van der Waals surface area contributed by atoms with Crippen molar-refractivity contribution in [2.45, 2.75) is 24.5 Å². The second-order valence-electron chi connectivity index (χ2n) is 5.55. The molecular formula is C14H23N5O2S. The lowest BCUT2D eigenvalue weighted by Gasteiger charge is -2.30. The molecule has 0 saturated carbocycles. The summed E-state index contributed by atoms with van der Waals surface area (Å²) in [5.74, 6) is -0.400. The first-order valence-corrected chi connectivity index (χ1v) is 8.56. The molecule has 2 rings (SSSR count). The molecule has 3 N–H and O–H groups in total. The molecule has 0 bridgehead atoms. The van der Waals surface area contributed by atoms with Crippen molar-refractivity contribution in [2.24, 2.45) is 18.7 Å². The zero-order valence-corrected chi connectivity index (χ0v) is 13.9. The lowest BCUT2D eigenvalue weighted by Crippen LogP contribution is -2.45.